The van der Waals surface area contributed by atoms with Crippen LogP contribution in [0.25, 0.3) is 0 Å². The van der Waals surface area contributed by atoms with Gasteiger partial charge in [0.25, 0.3) is 0 Å². The zero-order chi connectivity index (χ0) is 18.6. The lowest BCUT2D eigenvalue weighted by Crippen LogP contribution is -2.42. The molecule has 0 spiro atoms. The van der Waals surface area contributed by atoms with Gasteiger partial charge >= 0.3 is 11.8 Å². The Kier molecular flexibility index (Phi) is 5.22. The molecule has 8 heteroatoms. The number of anilines is 1. The molecule has 2 N–H and O–H groups in total. The van der Waals surface area contributed by atoms with E-state index in [0.29, 0.717) is 23.6 Å². The van der Waals surface area contributed by atoms with E-state index in [4.69, 9.17) is 4.74 Å². The van der Waals surface area contributed by atoms with Crippen molar-refractivity contribution >= 4 is 27.3 Å². The summed E-state index contributed by atoms with van der Waals surface area (Å²) in [7, 11) is -3.13. The molecule has 2 aromatic carbocycles. The maximum Gasteiger partial charge on any atom is 0.313 e. The summed E-state index contributed by atoms with van der Waals surface area (Å²) in [4.78, 5) is 24.2. The SMILES string of the molecule is O=C(Nc1ccccc1Oc1ccccc1)C(=O)NC1CCS(=O)(=O)C1. The minimum absolute atomic E-state index is 0.0211. The summed E-state index contributed by atoms with van der Waals surface area (Å²) in [5, 5.41) is 4.95. The predicted molar refractivity (Wildman–Crippen MR) is 96.8 cm³/mol. The summed E-state index contributed by atoms with van der Waals surface area (Å²) < 4.78 is 28.6. The molecule has 26 heavy (non-hydrogen) atoms. The highest BCUT2D eigenvalue weighted by atomic mass is 32.2. The van der Waals surface area contributed by atoms with Gasteiger partial charge in [0.15, 0.2) is 15.6 Å². The molecule has 1 saturated heterocycles. The fourth-order valence-electron chi connectivity index (χ4n) is 2.61. The van der Waals surface area contributed by atoms with E-state index in [1.54, 1.807) is 36.4 Å². The number of carbonyl (C=O) groups excluding carboxylic acids is 2. The quantitative estimate of drug-likeness (QED) is 0.794. The van der Waals surface area contributed by atoms with Gasteiger partial charge in [-0.1, -0.05) is 30.3 Å². The molecule has 3 rings (SSSR count). The van der Waals surface area contributed by atoms with Crippen molar-refractivity contribution in [3.05, 3.63) is 54.6 Å². The van der Waals surface area contributed by atoms with Crippen molar-refractivity contribution in [2.75, 3.05) is 16.8 Å². The van der Waals surface area contributed by atoms with Gasteiger partial charge in [0.05, 0.1) is 17.2 Å². The van der Waals surface area contributed by atoms with Gasteiger partial charge in [-0.05, 0) is 30.7 Å². The van der Waals surface area contributed by atoms with Crippen molar-refractivity contribution in [2.45, 2.75) is 12.5 Å². The van der Waals surface area contributed by atoms with Crippen LogP contribution in [0.15, 0.2) is 54.6 Å². The van der Waals surface area contributed by atoms with Crippen LogP contribution < -0.4 is 15.4 Å². The molecule has 0 radical (unpaired) electrons. The van der Waals surface area contributed by atoms with E-state index in [1.807, 2.05) is 18.2 Å². The zero-order valence-electron chi connectivity index (χ0n) is 13.8. The molecule has 1 aliphatic heterocycles. The number of sulfone groups is 1. The highest BCUT2D eigenvalue weighted by molar-refractivity contribution is 7.91. The smallest absolute Gasteiger partial charge is 0.313 e. The number of para-hydroxylation sites is 3. The summed E-state index contributed by atoms with van der Waals surface area (Å²) in [5.74, 6) is -0.884. The standard InChI is InChI=1S/C18H18N2O5S/c21-17(19-13-10-11-26(23,24)12-13)18(22)20-15-8-4-5-9-16(15)25-14-6-2-1-3-7-14/h1-9,13H,10-12H2,(H,19,21)(H,20,22). The van der Waals surface area contributed by atoms with Gasteiger partial charge < -0.3 is 15.4 Å². The van der Waals surface area contributed by atoms with E-state index >= 15 is 0 Å². The monoisotopic (exact) mass is 374 g/mol. The van der Waals surface area contributed by atoms with Gasteiger partial charge in [0.1, 0.15) is 5.75 Å². The first kappa shape index (κ1) is 17.9. The molecule has 1 unspecified atom stereocenters. The third-order valence-corrected chi connectivity index (χ3v) is 5.65. The van der Waals surface area contributed by atoms with Crippen molar-refractivity contribution in [1.82, 2.24) is 5.32 Å². The normalized spacial score (nSPS) is 18.1. The van der Waals surface area contributed by atoms with Gasteiger partial charge in [0.2, 0.25) is 0 Å². The lowest BCUT2D eigenvalue weighted by molar-refractivity contribution is -0.136. The predicted octanol–water partition coefficient (Wildman–Crippen LogP) is 1.72. The van der Waals surface area contributed by atoms with Crippen LogP contribution in [0, 0.1) is 0 Å². The highest BCUT2D eigenvalue weighted by Crippen LogP contribution is 2.29. The Labute approximate surface area is 151 Å². The largest absolute Gasteiger partial charge is 0.455 e. The molecule has 7 nitrogen and oxygen atoms in total. The summed E-state index contributed by atoms with van der Waals surface area (Å²) >= 11 is 0. The number of nitrogens with one attached hydrogen (secondary N) is 2. The molecule has 2 aromatic rings. The van der Waals surface area contributed by atoms with Crippen LogP contribution in [0.5, 0.6) is 11.5 Å². The first-order chi connectivity index (χ1) is 12.4. The van der Waals surface area contributed by atoms with Crippen molar-refractivity contribution in [3.8, 4) is 11.5 Å². The third kappa shape index (κ3) is 4.60. The Bertz CT molecular complexity index is 912. The number of benzene rings is 2. The van der Waals surface area contributed by atoms with Crippen LogP contribution in [0.2, 0.25) is 0 Å². The van der Waals surface area contributed by atoms with Crippen LogP contribution in [-0.2, 0) is 19.4 Å². The van der Waals surface area contributed by atoms with E-state index in [-0.39, 0.29) is 11.5 Å². The molecule has 0 saturated carbocycles. The van der Waals surface area contributed by atoms with Crippen LogP contribution in [0.4, 0.5) is 5.69 Å². The zero-order valence-corrected chi connectivity index (χ0v) is 14.7. The average molecular weight is 374 g/mol. The lowest BCUT2D eigenvalue weighted by atomic mass is 10.2. The second kappa shape index (κ2) is 7.57. The molecule has 2 amide bonds. The van der Waals surface area contributed by atoms with Crippen LogP contribution in [-0.4, -0.2) is 37.8 Å². The highest BCUT2D eigenvalue weighted by Gasteiger charge is 2.30. The summed E-state index contributed by atoms with van der Waals surface area (Å²) in [5.41, 5.74) is 0.343. The molecule has 0 aliphatic carbocycles. The molecule has 1 aliphatic rings. The topological polar surface area (TPSA) is 102 Å². The molecule has 1 fully saturated rings. The Hall–Kier alpha value is -2.87. The summed E-state index contributed by atoms with van der Waals surface area (Å²) in [6.45, 7) is 0. The third-order valence-electron chi connectivity index (χ3n) is 3.88. The number of rotatable bonds is 4. The Balaban J connectivity index is 1.65. The first-order valence-corrected chi connectivity index (χ1v) is 9.89. The van der Waals surface area contributed by atoms with Gasteiger partial charge in [-0.25, -0.2) is 8.42 Å². The molecule has 1 heterocycles. The molecule has 0 bridgehead atoms. The average Bonchev–Trinajstić information content (AvgIpc) is 2.96. The molecule has 1 atom stereocenters. The van der Waals surface area contributed by atoms with E-state index in [9.17, 15) is 18.0 Å². The molecular weight excluding hydrogens is 356 g/mol. The number of carbonyl (C=O) groups is 2. The van der Waals surface area contributed by atoms with Crippen molar-refractivity contribution in [3.63, 3.8) is 0 Å². The van der Waals surface area contributed by atoms with E-state index in [2.05, 4.69) is 10.6 Å². The van der Waals surface area contributed by atoms with Crippen molar-refractivity contribution < 1.29 is 22.7 Å². The minimum atomic E-state index is -3.13. The maximum absolute atomic E-state index is 12.1. The number of hydrogen-bond donors (Lipinski definition) is 2. The van der Waals surface area contributed by atoms with Crippen LogP contribution in [0.1, 0.15) is 6.42 Å². The van der Waals surface area contributed by atoms with Crippen LogP contribution >= 0.6 is 0 Å². The Morgan fingerprint density at radius 1 is 0.962 bits per heavy atom. The molecule has 0 aromatic heterocycles. The fraction of sp³-hybridized carbons (Fsp3) is 0.222. The number of ether oxygens (including phenoxy) is 1. The maximum atomic E-state index is 12.1. The lowest BCUT2D eigenvalue weighted by Gasteiger charge is -2.13. The van der Waals surface area contributed by atoms with Crippen molar-refractivity contribution in [2.24, 2.45) is 0 Å². The van der Waals surface area contributed by atoms with Crippen LogP contribution in [0.3, 0.4) is 0 Å². The minimum Gasteiger partial charge on any atom is -0.455 e. The van der Waals surface area contributed by atoms with Gasteiger partial charge in [-0.2, -0.15) is 0 Å². The molecular formula is C18H18N2O5S. The second-order valence-electron chi connectivity index (χ2n) is 5.94. The van der Waals surface area contributed by atoms with Gasteiger partial charge in [0, 0.05) is 6.04 Å². The van der Waals surface area contributed by atoms with E-state index in [1.165, 1.54) is 0 Å². The van der Waals surface area contributed by atoms with E-state index in [0.717, 1.165) is 0 Å². The first-order valence-electron chi connectivity index (χ1n) is 8.07. The van der Waals surface area contributed by atoms with E-state index < -0.39 is 27.7 Å². The number of hydrogen-bond acceptors (Lipinski definition) is 5. The summed E-state index contributed by atoms with van der Waals surface area (Å²) in [6.07, 6.45) is 0.315. The molecule has 136 valence electrons. The fourth-order valence-corrected chi connectivity index (χ4v) is 4.29. The Morgan fingerprint density at radius 3 is 2.35 bits per heavy atom. The van der Waals surface area contributed by atoms with Crippen molar-refractivity contribution in [1.29, 1.82) is 0 Å². The van der Waals surface area contributed by atoms with Gasteiger partial charge in [-0.15, -0.1) is 0 Å². The van der Waals surface area contributed by atoms with Gasteiger partial charge in [-0.3, -0.25) is 9.59 Å². The number of amides is 2. The Morgan fingerprint density at radius 2 is 1.65 bits per heavy atom. The summed E-state index contributed by atoms with van der Waals surface area (Å²) in [6, 6.07) is 15.2. The second-order valence-corrected chi connectivity index (χ2v) is 8.17.